The molecule has 0 unspecified atom stereocenters. The van der Waals surface area contributed by atoms with Crippen LogP contribution in [0.5, 0.6) is 0 Å². The van der Waals surface area contributed by atoms with Gasteiger partial charge in [-0.2, -0.15) is 0 Å². The first-order chi connectivity index (χ1) is 4.91. The zero-order valence-corrected chi connectivity index (χ0v) is 7.17. The molecule has 0 saturated heterocycles. The highest BCUT2D eigenvalue weighted by Gasteiger charge is 1.82. The minimum absolute atomic E-state index is 0.746. The zero-order valence-electron chi connectivity index (χ0n) is 5.54. The number of aliphatic imine (C=N–C) groups is 2. The standard InChI is InChI=1S/C6H8N2S2/c9-5-7-3-1-2-4-8-6-10/h1-4H2. The molecular weight excluding hydrogens is 164 g/mol. The van der Waals surface area contributed by atoms with Crippen LogP contribution in [0.3, 0.4) is 0 Å². The first-order valence-electron chi connectivity index (χ1n) is 2.99. The van der Waals surface area contributed by atoms with E-state index in [-0.39, 0.29) is 0 Å². The molecule has 0 spiro atoms. The van der Waals surface area contributed by atoms with Crippen LogP contribution in [0.2, 0.25) is 0 Å². The van der Waals surface area contributed by atoms with Gasteiger partial charge in [-0.25, -0.2) is 9.98 Å². The summed E-state index contributed by atoms with van der Waals surface area (Å²) in [4.78, 5) is 7.49. The second kappa shape index (κ2) is 8.60. The van der Waals surface area contributed by atoms with Crippen molar-refractivity contribution in [3.05, 3.63) is 0 Å². The Morgan fingerprint density at radius 1 is 0.900 bits per heavy atom. The molecule has 0 aromatic rings. The van der Waals surface area contributed by atoms with Gasteiger partial charge < -0.3 is 0 Å². The van der Waals surface area contributed by atoms with Crippen molar-refractivity contribution in [3.8, 4) is 0 Å². The number of isothiocyanates is 2. The number of unbranched alkanes of at least 4 members (excludes halogenated alkanes) is 1. The lowest BCUT2D eigenvalue weighted by molar-refractivity contribution is 0.761. The molecule has 10 heavy (non-hydrogen) atoms. The average Bonchev–Trinajstić information content (AvgIpc) is 1.97. The minimum Gasteiger partial charge on any atom is -0.233 e. The van der Waals surface area contributed by atoms with E-state index < -0.39 is 0 Å². The quantitative estimate of drug-likeness (QED) is 0.360. The Labute approximate surface area is 71.1 Å². The largest absolute Gasteiger partial charge is 0.233 e. The number of hydrogen-bond donors (Lipinski definition) is 0. The van der Waals surface area contributed by atoms with Crippen LogP contribution in [0, 0.1) is 0 Å². The predicted octanol–water partition coefficient (Wildman–Crippen LogP) is 1.97. The van der Waals surface area contributed by atoms with Crippen LogP contribution in [0.4, 0.5) is 0 Å². The lowest BCUT2D eigenvalue weighted by Gasteiger charge is -1.88. The van der Waals surface area contributed by atoms with Gasteiger partial charge in [0.25, 0.3) is 0 Å². The zero-order chi connectivity index (χ0) is 7.66. The molecule has 54 valence electrons. The van der Waals surface area contributed by atoms with Crippen molar-refractivity contribution in [2.75, 3.05) is 13.1 Å². The van der Waals surface area contributed by atoms with Crippen LogP contribution in [-0.4, -0.2) is 23.4 Å². The third kappa shape index (κ3) is 7.60. The highest BCUT2D eigenvalue weighted by atomic mass is 32.1. The van der Waals surface area contributed by atoms with E-state index in [9.17, 15) is 0 Å². The van der Waals surface area contributed by atoms with Crippen molar-refractivity contribution >= 4 is 34.8 Å². The van der Waals surface area contributed by atoms with E-state index in [1.165, 1.54) is 0 Å². The van der Waals surface area contributed by atoms with Crippen LogP contribution >= 0.6 is 24.4 Å². The van der Waals surface area contributed by atoms with E-state index in [0.717, 1.165) is 25.9 Å². The molecule has 2 nitrogen and oxygen atoms in total. The molecule has 0 aromatic carbocycles. The monoisotopic (exact) mass is 172 g/mol. The smallest absolute Gasteiger partial charge is 0.0584 e. The molecule has 0 heterocycles. The molecule has 0 fully saturated rings. The molecule has 4 heteroatoms. The van der Waals surface area contributed by atoms with Crippen LogP contribution in [-0.2, 0) is 0 Å². The average molecular weight is 172 g/mol. The second-order valence-electron chi connectivity index (χ2n) is 1.65. The molecule has 0 aliphatic rings. The fraction of sp³-hybridized carbons (Fsp3) is 0.667. The fourth-order valence-corrected chi connectivity index (χ4v) is 0.656. The molecule has 0 rings (SSSR count). The maximum absolute atomic E-state index is 4.38. The summed E-state index contributed by atoms with van der Waals surface area (Å²) >= 11 is 8.77. The summed E-state index contributed by atoms with van der Waals surface area (Å²) < 4.78 is 0. The Hall–Kier alpha value is -0.400. The van der Waals surface area contributed by atoms with Gasteiger partial charge in [-0.05, 0) is 37.3 Å². The normalized spacial score (nSPS) is 7.60. The van der Waals surface area contributed by atoms with Crippen LogP contribution in [0.25, 0.3) is 0 Å². The summed E-state index contributed by atoms with van der Waals surface area (Å²) in [5.41, 5.74) is 0. The van der Waals surface area contributed by atoms with E-state index >= 15 is 0 Å². The van der Waals surface area contributed by atoms with Gasteiger partial charge in [0.15, 0.2) is 0 Å². The number of hydrogen-bond acceptors (Lipinski definition) is 4. The van der Waals surface area contributed by atoms with Crippen molar-refractivity contribution in [3.63, 3.8) is 0 Å². The molecular formula is C6H8N2S2. The number of rotatable bonds is 5. The van der Waals surface area contributed by atoms with Gasteiger partial charge in [-0.3, -0.25) is 0 Å². The van der Waals surface area contributed by atoms with Crippen molar-refractivity contribution in [2.24, 2.45) is 9.98 Å². The van der Waals surface area contributed by atoms with Gasteiger partial charge in [0.1, 0.15) is 0 Å². The molecule has 0 atom stereocenters. The number of thiocarbonyl (C=S) groups is 2. The van der Waals surface area contributed by atoms with Gasteiger partial charge in [0.05, 0.1) is 10.3 Å². The number of nitrogens with zero attached hydrogens (tertiary/aromatic N) is 2. The third-order valence-corrected chi connectivity index (χ3v) is 1.18. The van der Waals surface area contributed by atoms with Gasteiger partial charge in [-0.1, -0.05) is 0 Å². The predicted molar refractivity (Wildman–Crippen MR) is 49.0 cm³/mol. The Bertz CT molecular complexity index is 147. The maximum atomic E-state index is 4.38. The van der Waals surface area contributed by atoms with Crippen molar-refractivity contribution in [1.82, 2.24) is 0 Å². The van der Waals surface area contributed by atoms with E-state index in [4.69, 9.17) is 0 Å². The highest BCUT2D eigenvalue weighted by molar-refractivity contribution is 7.78. The molecule has 0 amide bonds. The van der Waals surface area contributed by atoms with E-state index in [1.54, 1.807) is 0 Å². The molecule has 0 radical (unpaired) electrons. The van der Waals surface area contributed by atoms with Crippen molar-refractivity contribution < 1.29 is 0 Å². The van der Waals surface area contributed by atoms with Crippen LogP contribution in [0.15, 0.2) is 9.98 Å². The maximum Gasteiger partial charge on any atom is 0.0584 e. The summed E-state index contributed by atoms with van der Waals surface area (Å²) in [6.45, 7) is 1.49. The Kier molecular flexibility index (Phi) is 8.26. The Morgan fingerprint density at radius 2 is 1.30 bits per heavy atom. The Balaban J connectivity index is 3.04. The topological polar surface area (TPSA) is 24.7 Å². The van der Waals surface area contributed by atoms with Gasteiger partial charge in [0.2, 0.25) is 0 Å². The summed E-state index contributed by atoms with van der Waals surface area (Å²) in [6, 6.07) is 0. The molecule has 0 aliphatic carbocycles. The van der Waals surface area contributed by atoms with Gasteiger partial charge in [0, 0.05) is 13.1 Å². The molecule has 0 aliphatic heterocycles. The SMILES string of the molecule is S=C=NCCCCN=C=S. The van der Waals surface area contributed by atoms with Crippen LogP contribution in [0.1, 0.15) is 12.8 Å². The van der Waals surface area contributed by atoms with E-state index in [0.29, 0.717) is 0 Å². The summed E-state index contributed by atoms with van der Waals surface area (Å²) in [6.07, 6.45) is 1.98. The van der Waals surface area contributed by atoms with E-state index in [1.807, 2.05) is 0 Å². The highest BCUT2D eigenvalue weighted by Crippen LogP contribution is 1.88. The first-order valence-corrected chi connectivity index (χ1v) is 3.80. The van der Waals surface area contributed by atoms with Crippen molar-refractivity contribution in [1.29, 1.82) is 0 Å². The van der Waals surface area contributed by atoms with Gasteiger partial charge >= 0.3 is 0 Å². The second-order valence-corrected chi connectivity index (χ2v) is 2.02. The molecule has 0 saturated carbocycles. The molecule has 0 aromatic heterocycles. The third-order valence-electron chi connectivity index (χ3n) is 0.919. The summed E-state index contributed by atoms with van der Waals surface area (Å²) in [5.74, 6) is 0. The fourth-order valence-electron chi connectivity index (χ4n) is 0.473. The van der Waals surface area contributed by atoms with E-state index in [2.05, 4.69) is 44.7 Å². The first kappa shape index (κ1) is 9.60. The summed E-state index contributed by atoms with van der Waals surface area (Å²) in [5, 5.41) is 4.60. The molecule has 0 bridgehead atoms. The Morgan fingerprint density at radius 3 is 1.60 bits per heavy atom. The lowest BCUT2D eigenvalue weighted by Crippen LogP contribution is -1.83. The summed E-state index contributed by atoms with van der Waals surface area (Å²) in [7, 11) is 0. The van der Waals surface area contributed by atoms with Gasteiger partial charge in [-0.15, -0.1) is 0 Å². The lowest BCUT2D eigenvalue weighted by atomic mass is 10.3. The minimum atomic E-state index is 0.746. The van der Waals surface area contributed by atoms with Crippen molar-refractivity contribution in [2.45, 2.75) is 12.8 Å². The molecule has 0 N–H and O–H groups in total. The van der Waals surface area contributed by atoms with Crippen LogP contribution < -0.4 is 0 Å².